The number of benzene rings is 1. The number of hydrogen-bond donors (Lipinski definition) is 0. The van der Waals surface area contributed by atoms with Crippen LogP contribution >= 0.6 is 0 Å². The van der Waals surface area contributed by atoms with E-state index in [0.717, 1.165) is 0 Å². The Kier molecular flexibility index (Phi) is 3.85. The maximum Gasteiger partial charge on any atom is 0.305 e. The molecule has 0 atom stereocenters. The highest BCUT2D eigenvalue weighted by Gasteiger charge is 2.07. The van der Waals surface area contributed by atoms with Crippen LogP contribution in [0.3, 0.4) is 0 Å². The van der Waals surface area contributed by atoms with Gasteiger partial charge in [-0.15, -0.1) is 0 Å². The quantitative estimate of drug-likeness (QED) is 0.540. The number of hydrogen-bond acceptors (Lipinski definition) is 3. The minimum absolute atomic E-state index is 0.170. The van der Waals surface area contributed by atoms with Gasteiger partial charge in [-0.25, -0.2) is 0 Å². The molecule has 0 amide bonds. The third kappa shape index (κ3) is 3.01. The number of carbonyl (C=O) groups excluding carboxylic acids is 2. The molecule has 0 spiro atoms. The molecule has 74 valence electrons. The first-order valence-corrected chi connectivity index (χ1v) is 4.48. The van der Waals surface area contributed by atoms with Crippen molar-refractivity contribution in [1.29, 1.82) is 0 Å². The van der Waals surface area contributed by atoms with E-state index in [1.807, 2.05) is 6.07 Å². The summed E-state index contributed by atoms with van der Waals surface area (Å²) in [6, 6.07) is 8.77. The van der Waals surface area contributed by atoms with Gasteiger partial charge in [-0.1, -0.05) is 37.3 Å². The molecule has 0 fully saturated rings. The third-order valence-corrected chi connectivity index (χ3v) is 1.75. The van der Waals surface area contributed by atoms with Gasteiger partial charge in [-0.05, 0) is 0 Å². The Labute approximate surface area is 82.7 Å². The van der Waals surface area contributed by atoms with Crippen LogP contribution in [0.25, 0.3) is 0 Å². The number of esters is 1. The van der Waals surface area contributed by atoms with Crippen LogP contribution in [-0.4, -0.2) is 18.4 Å². The van der Waals surface area contributed by atoms with E-state index in [1.54, 1.807) is 31.2 Å². The fourth-order valence-corrected chi connectivity index (χ4v) is 0.955. The molecule has 0 radical (unpaired) electrons. The number of rotatable bonds is 4. The van der Waals surface area contributed by atoms with Crippen molar-refractivity contribution >= 4 is 11.8 Å². The Hall–Kier alpha value is -1.64. The standard InChI is InChI=1S/C11H12O3/c1-2-11(13)14-8-10(12)9-6-4-3-5-7-9/h3-7H,2,8H2,1H3. The van der Waals surface area contributed by atoms with Crippen LogP contribution < -0.4 is 0 Å². The highest BCUT2D eigenvalue weighted by Crippen LogP contribution is 2.00. The highest BCUT2D eigenvalue weighted by molar-refractivity contribution is 5.97. The second-order valence-electron chi connectivity index (χ2n) is 2.80. The molecule has 0 bridgehead atoms. The normalized spacial score (nSPS) is 9.50. The van der Waals surface area contributed by atoms with Gasteiger partial charge in [-0.2, -0.15) is 0 Å². The Balaban J connectivity index is 2.48. The van der Waals surface area contributed by atoms with Gasteiger partial charge >= 0.3 is 5.97 Å². The lowest BCUT2D eigenvalue weighted by Crippen LogP contribution is -2.13. The molecule has 0 saturated carbocycles. The smallest absolute Gasteiger partial charge is 0.305 e. The summed E-state index contributed by atoms with van der Waals surface area (Å²) >= 11 is 0. The molecule has 0 heterocycles. The lowest BCUT2D eigenvalue weighted by Gasteiger charge is -2.01. The fraction of sp³-hybridized carbons (Fsp3) is 0.273. The number of carbonyl (C=O) groups is 2. The van der Waals surface area contributed by atoms with E-state index in [2.05, 4.69) is 0 Å². The van der Waals surface area contributed by atoms with Crippen LogP contribution in [0.2, 0.25) is 0 Å². The van der Waals surface area contributed by atoms with Crippen LogP contribution in [0.1, 0.15) is 23.7 Å². The van der Waals surface area contributed by atoms with Crippen molar-refractivity contribution in [3.63, 3.8) is 0 Å². The summed E-state index contributed by atoms with van der Waals surface area (Å²) in [6.45, 7) is 1.52. The van der Waals surface area contributed by atoms with Crippen LogP contribution in [0.4, 0.5) is 0 Å². The average Bonchev–Trinajstić information content (AvgIpc) is 2.26. The molecule has 1 rings (SSSR count). The molecule has 0 unspecified atom stereocenters. The molecule has 3 nitrogen and oxygen atoms in total. The summed E-state index contributed by atoms with van der Waals surface area (Å²) in [6.07, 6.45) is 0.294. The lowest BCUT2D eigenvalue weighted by molar-refractivity contribution is -0.142. The SMILES string of the molecule is CCC(=O)OCC(=O)c1ccccc1. The maximum absolute atomic E-state index is 11.4. The maximum atomic E-state index is 11.4. The lowest BCUT2D eigenvalue weighted by atomic mass is 10.1. The van der Waals surface area contributed by atoms with Crippen molar-refractivity contribution in [3.8, 4) is 0 Å². The Morgan fingerprint density at radius 3 is 2.43 bits per heavy atom. The summed E-state index contributed by atoms with van der Waals surface area (Å²) in [7, 11) is 0. The molecular formula is C11H12O3. The first kappa shape index (κ1) is 10.4. The van der Waals surface area contributed by atoms with E-state index in [1.165, 1.54) is 0 Å². The van der Waals surface area contributed by atoms with Gasteiger partial charge in [0.2, 0.25) is 0 Å². The molecule has 14 heavy (non-hydrogen) atoms. The second-order valence-corrected chi connectivity index (χ2v) is 2.80. The average molecular weight is 192 g/mol. The summed E-state index contributed by atoms with van der Waals surface area (Å²) in [5, 5.41) is 0. The van der Waals surface area contributed by atoms with Gasteiger partial charge in [0.05, 0.1) is 0 Å². The van der Waals surface area contributed by atoms with Crippen LogP contribution in [0, 0.1) is 0 Å². The van der Waals surface area contributed by atoms with Crippen molar-refractivity contribution < 1.29 is 14.3 Å². The molecule has 0 aliphatic rings. The molecule has 1 aromatic carbocycles. The molecule has 1 aromatic rings. The largest absolute Gasteiger partial charge is 0.457 e. The third-order valence-electron chi connectivity index (χ3n) is 1.75. The van der Waals surface area contributed by atoms with Gasteiger partial charge in [-0.3, -0.25) is 9.59 Å². The molecule has 0 aliphatic carbocycles. The Bertz CT molecular complexity index is 317. The second kappa shape index (κ2) is 5.17. The van der Waals surface area contributed by atoms with E-state index < -0.39 is 0 Å². The summed E-state index contributed by atoms with van der Waals surface area (Å²) < 4.78 is 4.72. The molecule has 0 saturated heterocycles. The van der Waals surface area contributed by atoms with Gasteiger partial charge < -0.3 is 4.74 Å². The van der Waals surface area contributed by atoms with Gasteiger partial charge in [0, 0.05) is 12.0 Å². The number of ether oxygens (including phenoxy) is 1. The molecule has 0 aromatic heterocycles. The number of Topliss-reactive ketones (excluding diaryl/α,β-unsaturated/α-hetero) is 1. The van der Waals surface area contributed by atoms with Crippen molar-refractivity contribution in [2.45, 2.75) is 13.3 Å². The predicted molar refractivity (Wildman–Crippen MR) is 52.0 cm³/mol. The van der Waals surface area contributed by atoms with Gasteiger partial charge in [0.25, 0.3) is 0 Å². The molecule has 0 N–H and O–H groups in total. The Morgan fingerprint density at radius 1 is 1.21 bits per heavy atom. The van der Waals surface area contributed by atoms with Crippen molar-refractivity contribution in [2.24, 2.45) is 0 Å². The van der Waals surface area contributed by atoms with E-state index in [0.29, 0.717) is 12.0 Å². The first-order valence-electron chi connectivity index (χ1n) is 4.48. The topological polar surface area (TPSA) is 43.4 Å². The van der Waals surface area contributed by atoms with Gasteiger partial charge in [0.15, 0.2) is 12.4 Å². The first-order chi connectivity index (χ1) is 6.74. The van der Waals surface area contributed by atoms with Crippen molar-refractivity contribution in [2.75, 3.05) is 6.61 Å². The van der Waals surface area contributed by atoms with Crippen molar-refractivity contribution in [3.05, 3.63) is 35.9 Å². The van der Waals surface area contributed by atoms with Crippen molar-refractivity contribution in [1.82, 2.24) is 0 Å². The summed E-state index contributed by atoms with van der Waals surface area (Å²) in [5.41, 5.74) is 0.566. The molecule has 3 heteroatoms. The van der Waals surface area contributed by atoms with E-state index >= 15 is 0 Å². The molecular weight excluding hydrogens is 180 g/mol. The van der Waals surface area contributed by atoms with Crippen LogP contribution in [0.5, 0.6) is 0 Å². The van der Waals surface area contributed by atoms with E-state index in [4.69, 9.17) is 4.74 Å². The van der Waals surface area contributed by atoms with Crippen LogP contribution in [-0.2, 0) is 9.53 Å². The minimum atomic E-state index is -0.353. The zero-order chi connectivity index (χ0) is 10.4. The zero-order valence-electron chi connectivity index (χ0n) is 8.03. The van der Waals surface area contributed by atoms with E-state index in [9.17, 15) is 9.59 Å². The summed E-state index contributed by atoms with van der Waals surface area (Å²) in [5.74, 6) is -0.526. The highest BCUT2D eigenvalue weighted by atomic mass is 16.5. The minimum Gasteiger partial charge on any atom is -0.457 e. The predicted octanol–water partition coefficient (Wildman–Crippen LogP) is 1.82. The van der Waals surface area contributed by atoms with E-state index in [-0.39, 0.29) is 18.4 Å². The van der Waals surface area contributed by atoms with Crippen LogP contribution in [0.15, 0.2) is 30.3 Å². The monoisotopic (exact) mass is 192 g/mol. The zero-order valence-corrected chi connectivity index (χ0v) is 8.03. The fourth-order valence-electron chi connectivity index (χ4n) is 0.955. The Morgan fingerprint density at radius 2 is 1.86 bits per heavy atom. The van der Waals surface area contributed by atoms with Gasteiger partial charge in [0.1, 0.15) is 0 Å². The summed E-state index contributed by atoms with van der Waals surface area (Å²) in [4.78, 5) is 22.2. The molecule has 0 aliphatic heterocycles. The number of ketones is 1.